The standard InChI is InChI=1S/C32H37Cl2N3O4S/c1-3-23-13-17-28(18-14-23)37(42(2,40)41)22-31(38)36(21-25-15-16-26(33)20-29(25)34)30(19-24-9-5-4-6-10-24)32(39)35-27-11-7-8-12-27/h4-6,9-10,13-18,20,27,30H,3,7-8,11-12,19,21-22H2,1-2H3,(H,35,39)/t30-/m0/s1. The van der Waals surface area contributed by atoms with Crippen LogP contribution in [0.3, 0.4) is 0 Å². The van der Waals surface area contributed by atoms with Crippen LogP contribution in [0.1, 0.15) is 49.3 Å². The van der Waals surface area contributed by atoms with Crippen molar-refractivity contribution in [3.05, 3.63) is 99.5 Å². The van der Waals surface area contributed by atoms with Crippen LogP contribution in [-0.2, 0) is 39.0 Å². The first-order chi connectivity index (χ1) is 20.0. The highest BCUT2D eigenvalue weighted by Gasteiger charge is 2.34. The molecular weight excluding hydrogens is 593 g/mol. The largest absolute Gasteiger partial charge is 0.352 e. The van der Waals surface area contributed by atoms with Crippen LogP contribution in [0, 0.1) is 0 Å². The molecule has 3 aromatic carbocycles. The van der Waals surface area contributed by atoms with Gasteiger partial charge in [-0.1, -0.05) is 91.5 Å². The second kappa shape index (κ2) is 14.4. The lowest BCUT2D eigenvalue weighted by Crippen LogP contribution is -2.54. The van der Waals surface area contributed by atoms with Gasteiger partial charge in [-0.05, 0) is 60.2 Å². The fourth-order valence-electron chi connectivity index (χ4n) is 5.27. The van der Waals surface area contributed by atoms with Crippen LogP contribution in [0.2, 0.25) is 10.0 Å². The molecule has 10 heteroatoms. The summed E-state index contributed by atoms with van der Waals surface area (Å²) in [6, 6.07) is 20.7. The Hall–Kier alpha value is -3.07. The summed E-state index contributed by atoms with van der Waals surface area (Å²) in [5.74, 6) is -0.795. The quantitative estimate of drug-likeness (QED) is 0.265. The maximum atomic E-state index is 14.2. The molecule has 0 spiro atoms. The van der Waals surface area contributed by atoms with Gasteiger partial charge in [0.05, 0.1) is 11.9 Å². The number of aryl methyl sites for hydroxylation is 1. The Morgan fingerprint density at radius 2 is 1.62 bits per heavy atom. The SMILES string of the molecule is CCc1ccc(N(CC(=O)N(Cc2ccc(Cl)cc2Cl)[C@@H](Cc2ccccc2)C(=O)NC2CCCC2)S(C)(=O)=O)cc1. The Morgan fingerprint density at radius 3 is 2.21 bits per heavy atom. The van der Waals surface area contributed by atoms with E-state index in [1.54, 1.807) is 30.3 Å². The molecule has 1 aliphatic carbocycles. The average molecular weight is 631 g/mol. The Labute approximate surface area is 258 Å². The number of hydrogen-bond donors (Lipinski definition) is 1. The number of hydrogen-bond acceptors (Lipinski definition) is 4. The van der Waals surface area contributed by atoms with Gasteiger partial charge in [-0.2, -0.15) is 0 Å². The molecule has 4 rings (SSSR count). The molecule has 224 valence electrons. The molecule has 0 saturated heterocycles. The lowest BCUT2D eigenvalue weighted by molar-refractivity contribution is -0.140. The van der Waals surface area contributed by atoms with Crippen molar-refractivity contribution in [2.75, 3.05) is 17.1 Å². The van der Waals surface area contributed by atoms with Crippen LogP contribution < -0.4 is 9.62 Å². The second-order valence-corrected chi connectivity index (χ2v) is 13.5. The number of halogens is 2. The third-order valence-corrected chi connectivity index (χ3v) is 9.37. The van der Waals surface area contributed by atoms with E-state index < -0.39 is 28.5 Å². The van der Waals surface area contributed by atoms with Gasteiger partial charge in [-0.25, -0.2) is 8.42 Å². The summed E-state index contributed by atoms with van der Waals surface area (Å²) in [7, 11) is -3.83. The Balaban J connectivity index is 1.73. The summed E-state index contributed by atoms with van der Waals surface area (Å²) in [6.07, 6.45) is 5.97. The fourth-order valence-corrected chi connectivity index (χ4v) is 6.58. The highest BCUT2D eigenvalue weighted by molar-refractivity contribution is 7.92. The predicted octanol–water partition coefficient (Wildman–Crippen LogP) is 6.02. The van der Waals surface area contributed by atoms with Crippen LogP contribution >= 0.6 is 23.2 Å². The van der Waals surface area contributed by atoms with E-state index in [2.05, 4.69) is 5.32 Å². The third kappa shape index (κ3) is 8.49. The molecule has 0 unspecified atom stereocenters. The monoisotopic (exact) mass is 629 g/mol. The van der Waals surface area contributed by atoms with Crippen LogP contribution in [0.25, 0.3) is 0 Å². The first kappa shape index (κ1) is 31.9. The summed E-state index contributed by atoms with van der Waals surface area (Å²) in [5, 5.41) is 3.95. The summed E-state index contributed by atoms with van der Waals surface area (Å²) in [4.78, 5) is 29.6. The Morgan fingerprint density at radius 1 is 0.952 bits per heavy atom. The third-order valence-electron chi connectivity index (χ3n) is 7.64. The van der Waals surface area contributed by atoms with Gasteiger partial charge in [0, 0.05) is 29.1 Å². The van der Waals surface area contributed by atoms with Gasteiger partial charge in [0.2, 0.25) is 21.8 Å². The number of nitrogens with one attached hydrogen (secondary N) is 1. The smallest absolute Gasteiger partial charge is 0.244 e. The normalized spacial score (nSPS) is 14.4. The Kier molecular flexibility index (Phi) is 10.9. The molecule has 1 aliphatic rings. The lowest BCUT2D eigenvalue weighted by atomic mass is 10.0. The fraction of sp³-hybridized carbons (Fsp3) is 0.375. The average Bonchev–Trinajstić information content (AvgIpc) is 3.47. The minimum atomic E-state index is -3.83. The van der Waals surface area contributed by atoms with Crippen molar-refractivity contribution in [1.29, 1.82) is 0 Å². The molecule has 0 aromatic heterocycles. The van der Waals surface area contributed by atoms with E-state index in [1.165, 1.54) is 4.90 Å². The van der Waals surface area contributed by atoms with Gasteiger partial charge < -0.3 is 10.2 Å². The number of sulfonamides is 1. The molecule has 1 saturated carbocycles. The molecule has 0 radical (unpaired) electrons. The number of carbonyl (C=O) groups excluding carboxylic acids is 2. The molecule has 0 heterocycles. The van der Waals surface area contributed by atoms with Crippen LogP contribution in [0.5, 0.6) is 0 Å². The minimum absolute atomic E-state index is 0.00318. The predicted molar refractivity (Wildman–Crippen MR) is 169 cm³/mol. The molecule has 0 bridgehead atoms. The van der Waals surface area contributed by atoms with Gasteiger partial charge in [0.15, 0.2) is 0 Å². The van der Waals surface area contributed by atoms with E-state index in [-0.39, 0.29) is 24.9 Å². The number of anilines is 1. The van der Waals surface area contributed by atoms with Crippen molar-refractivity contribution in [2.24, 2.45) is 0 Å². The van der Waals surface area contributed by atoms with E-state index >= 15 is 0 Å². The van der Waals surface area contributed by atoms with Crippen molar-refractivity contribution in [3.8, 4) is 0 Å². The Bertz CT molecular complexity index is 1480. The van der Waals surface area contributed by atoms with E-state index in [1.807, 2.05) is 49.4 Å². The zero-order chi connectivity index (χ0) is 30.3. The molecule has 42 heavy (non-hydrogen) atoms. The summed E-state index contributed by atoms with van der Waals surface area (Å²) in [5.41, 5.74) is 2.89. The molecular formula is C32H37Cl2N3O4S. The molecule has 1 fully saturated rings. The summed E-state index contributed by atoms with van der Waals surface area (Å²) < 4.78 is 27.0. The second-order valence-electron chi connectivity index (χ2n) is 10.7. The highest BCUT2D eigenvalue weighted by atomic mass is 35.5. The zero-order valence-electron chi connectivity index (χ0n) is 23.9. The van der Waals surface area contributed by atoms with Crippen LogP contribution in [0.15, 0.2) is 72.8 Å². The molecule has 3 aromatic rings. The number of benzene rings is 3. The van der Waals surface area contributed by atoms with Gasteiger partial charge in [-0.3, -0.25) is 13.9 Å². The molecule has 1 atom stereocenters. The molecule has 0 aliphatic heterocycles. The summed E-state index contributed by atoms with van der Waals surface area (Å²) in [6.45, 7) is 1.53. The van der Waals surface area contributed by atoms with Crippen LogP contribution in [-0.4, -0.2) is 50.0 Å². The highest BCUT2D eigenvalue weighted by Crippen LogP contribution is 2.26. The number of nitrogens with zero attached hydrogens (tertiary/aromatic N) is 2. The first-order valence-corrected chi connectivity index (χ1v) is 16.8. The topological polar surface area (TPSA) is 86.8 Å². The van der Waals surface area contributed by atoms with E-state index in [0.29, 0.717) is 21.3 Å². The van der Waals surface area contributed by atoms with E-state index in [0.717, 1.165) is 53.8 Å². The van der Waals surface area contributed by atoms with Crippen molar-refractivity contribution >= 4 is 50.7 Å². The van der Waals surface area contributed by atoms with Crippen molar-refractivity contribution < 1.29 is 18.0 Å². The van der Waals surface area contributed by atoms with Gasteiger partial charge in [0.25, 0.3) is 0 Å². The lowest BCUT2D eigenvalue weighted by Gasteiger charge is -2.34. The van der Waals surface area contributed by atoms with E-state index in [4.69, 9.17) is 23.2 Å². The van der Waals surface area contributed by atoms with Gasteiger partial charge in [0.1, 0.15) is 12.6 Å². The van der Waals surface area contributed by atoms with Gasteiger partial charge in [-0.15, -0.1) is 0 Å². The number of amides is 2. The van der Waals surface area contributed by atoms with Crippen molar-refractivity contribution in [2.45, 2.75) is 64.1 Å². The molecule has 2 amide bonds. The van der Waals surface area contributed by atoms with Crippen molar-refractivity contribution in [1.82, 2.24) is 10.2 Å². The number of carbonyl (C=O) groups is 2. The maximum absolute atomic E-state index is 14.2. The molecule has 1 N–H and O–H groups in total. The minimum Gasteiger partial charge on any atom is -0.352 e. The zero-order valence-corrected chi connectivity index (χ0v) is 26.3. The van der Waals surface area contributed by atoms with Crippen molar-refractivity contribution in [3.63, 3.8) is 0 Å². The first-order valence-electron chi connectivity index (χ1n) is 14.2. The van der Waals surface area contributed by atoms with Gasteiger partial charge >= 0.3 is 0 Å². The van der Waals surface area contributed by atoms with E-state index in [9.17, 15) is 18.0 Å². The van der Waals surface area contributed by atoms with Crippen LogP contribution in [0.4, 0.5) is 5.69 Å². The maximum Gasteiger partial charge on any atom is 0.244 e. The molecule has 7 nitrogen and oxygen atoms in total. The number of rotatable bonds is 12. The summed E-state index contributed by atoms with van der Waals surface area (Å²) >= 11 is 12.7.